The smallest absolute Gasteiger partial charge is 0.126 e. The van der Waals surface area contributed by atoms with Gasteiger partial charge >= 0.3 is 0 Å². The molecule has 0 bridgehead atoms. The van der Waals surface area contributed by atoms with Crippen molar-refractivity contribution in [3.63, 3.8) is 0 Å². The normalized spacial score (nSPS) is 15.4. The number of nitrogens with zero attached hydrogens (tertiary/aromatic N) is 2. The molecule has 2 nitrogen and oxygen atoms in total. The first kappa shape index (κ1) is 14.3. The lowest BCUT2D eigenvalue weighted by Gasteiger charge is -2.12. The highest BCUT2D eigenvalue weighted by Gasteiger charge is 2.18. The second-order valence-electron chi connectivity index (χ2n) is 6.44. The molecule has 4 rings (SSSR count). The highest BCUT2D eigenvalue weighted by molar-refractivity contribution is 5.92. The number of aryl methyl sites for hydroxylation is 1. The molecule has 1 heterocycles. The van der Waals surface area contributed by atoms with Crippen molar-refractivity contribution in [2.24, 2.45) is 0 Å². The van der Waals surface area contributed by atoms with Crippen LogP contribution in [0.1, 0.15) is 42.7 Å². The molecule has 1 aromatic heterocycles. The Bertz CT molecular complexity index is 867. The molecule has 1 saturated carbocycles. The standard InChI is InChI=1S/C20H19FN2/c1-13-10-16(7-9-18(13)21)20-17-8-6-15(14-4-2-3-5-14)11-19(17)22-12-23-20/h6-12,14H,2-5H2,1H3. The van der Waals surface area contributed by atoms with E-state index >= 15 is 0 Å². The Kier molecular flexibility index (Phi) is 3.56. The predicted molar refractivity (Wildman–Crippen MR) is 90.9 cm³/mol. The van der Waals surface area contributed by atoms with Crippen molar-refractivity contribution in [2.75, 3.05) is 0 Å². The summed E-state index contributed by atoms with van der Waals surface area (Å²) in [6.07, 6.45) is 6.81. The second kappa shape index (κ2) is 5.73. The molecule has 0 radical (unpaired) electrons. The molecule has 0 N–H and O–H groups in total. The van der Waals surface area contributed by atoms with Gasteiger partial charge < -0.3 is 0 Å². The van der Waals surface area contributed by atoms with Gasteiger partial charge in [-0.15, -0.1) is 0 Å². The summed E-state index contributed by atoms with van der Waals surface area (Å²) < 4.78 is 13.5. The molecule has 0 aliphatic heterocycles. The Labute approximate surface area is 135 Å². The minimum absolute atomic E-state index is 0.185. The summed E-state index contributed by atoms with van der Waals surface area (Å²) in [5.41, 5.74) is 4.80. The van der Waals surface area contributed by atoms with Crippen LogP contribution in [0.5, 0.6) is 0 Å². The number of benzene rings is 2. The van der Waals surface area contributed by atoms with Crippen molar-refractivity contribution < 1.29 is 4.39 Å². The first-order valence-corrected chi connectivity index (χ1v) is 8.23. The maximum Gasteiger partial charge on any atom is 0.126 e. The van der Waals surface area contributed by atoms with Gasteiger partial charge in [0.25, 0.3) is 0 Å². The summed E-state index contributed by atoms with van der Waals surface area (Å²) in [5.74, 6) is 0.488. The topological polar surface area (TPSA) is 25.8 Å². The van der Waals surface area contributed by atoms with Crippen LogP contribution in [0.2, 0.25) is 0 Å². The fourth-order valence-corrected chi connectivity index (χ4v) is 3.61. The van der Waals surface area contributed by atoms with Crippen LogP contribution in [0, 0.1) is 12.7 Å². The molecule has 1 aliphatic carbocycles. The minimum Gasteiger partial charge on any atom is -0.236 e. The van der Waals surface area contributed by atoms with Crippen LogP contribution in [0.3, 0.4) is 0 Å². The Morgan fingerprint density at radius 2 is 1.83 bits per heavy atom. The summed E-state index contributed by atoms with van der Waals surface area (Å²) >= 11 is 0. The van der Waals surface area contributed by atoms with Crippen LogP contribution in [-0.4, -0.2) is 9.97 Å². The van der Waals surface area contributed by atoms with Crippen LogP contribution >= 0.6 is 0 Å². The fraction of sp³-hybridized carbons (Fsp3) is 0.300. The van der Waals surface area contributed by atoms with Gasteiger partial charge in [-0.25, -0.2) is 14.4 Å². The van der Waals surface area contributed by atoms with Gasteiger partial charge in [0.1, 0.15) is 12.1 Å². The highest BCUT2D eigenvalue weighted by Crippen LogP contribution is 2.36. The Balaban J connectivity index is 1.82. The number of fused-ring (bicyclic) bond motifs is 1. The van der Waals surface area contributed by atoms with E-state index in [0.717, 1.165) is 22.2 Å². The summed E-state index contributed by atoms with van der Waals surface area (Å²) in [6.45, 7) is 1.78. The van der Waals surface area contributed by atoms with E-state index in [9.17, 15) is 4.39 Å². The minimum atomic E-state index is -0.185. The molecule has 0 saturated heterocycles. The third-order valence-corrected chi connectivity index (χ3v) is 4.92. The third kappa shape index (κ3) is 2.61. The number of halogens is 1. The molecule has 0 atom stereocenters. The van der Waals surface area contributed by atoms with Gasteiger partial charge in [-0.05, 0) is 61.1 Å². The van der Waals surface area contributed by atoms with E-state index in [1.165, 1.54) is 37.3 Å². The van der Waals surface area contributed by atoms with E-state index in [4.69, 9.17) is 0 Å². The van der Waals surface area contributed by atoms with Crippen LogP contribution in [0.4, 0.5) is 4.39 Å². The van der Waals surface area contributed by atoms with E-state index in [-0.39, 0.29) is 5.82 Å². The van der Waals surface area contributed by atoms with Gasteiger partial charge in [0.2, 0.25) is 0 Å². The lowest BCUT2D eigenvalue weighted by atomic mass is 9.95. The van der Waals surface area contributed by atoms with E-state index < -0.39 is 0 Å². The average Bonchev–Trinajstić information content (AvgIpc) is 3.11. The zero-order chi connectivity index (χ0) is 15.8. The molecular weight excluding hydrogens is 287 g/mol. The number of aromatic nitrogens is 2. The third-order valence-electron chi connectivity index (χ3n) is 4.92. The SMILES string of the molecule is Cc1cc(-c2ncnc3cc(C4CCCC4)ccc23)ccc1F. The second-order valence-corrected chi connectivity index (χ2v) is 6.44. The van der Waals surface area contributed by atoms with E-state index in [2.05, 4.69) is 28.2 Å². The monoisotopic (exact) mass is 306 g/mol. The maximum absolute atomic E-state index is 13.5. The van der Waals surface area contributed by atoms with Crippen molar-refractivity contribution in [3.05, 3.63) is 59.7 Å². The largest absolute Gasteiger partial charge is 0.236 e. The Morgan fingerprint density at radius 1 is 1.00 bits per heavy atom. The lowest BCUT2D eigenvalue weighted by molar-refractivity contribution is 0.619. The molecule has 2 aromatic carbocycles. The van der Waals surface area contributed by atoms with E-state index in [1.807, 2.05) is 6.07 Å². The van der Waals surface area contributed by atoms with Crippen molar-refractivity contribution in [2.45, 2.75) is 38.5 Å². The molecular formula is C20H19FN2. The van der Waals surface area contributed by atoms with Crippen LogP contribution < -0.4 is 0 Å². The Morgan fingerprint density at radius 3 is 2.61 bits per heavy atom. The summed E-state index contributed by atoms with van der Waals surface area (Å²) in [6, 6.07) is 11.7. The maximum atomic E-state index is 13.5. The van der Waals surface area contributed by atoms with Gasteiger partial charge in [-0.3, -0.25) is 0 Å². The molecule has 0 unspecified atom stereocenters. The first-order chi connectivity index (χ1) is 11.2. The average molecular weight is 306 g/mol. The number of rotatable bonds is 2. The zero-order valence-corrected chi connectivity index (χ0v) is 13.2. The molecule has 0 amide bonds. The summed E-state index contributed by atoms with van der Waals surface area (Å²) in [5, 5.41) is 1.03. The molecule has 0 spiro atoms. The van der Waals surface area contributed by atoms with Crippen molar-refractivity contribution in [1.29, 1.82) is 0 Å². The van der Waals surface area contributed by atoms with Crippen LogP contribution in [0.15, 0.2) is 42.7 Å². The first-order valence-electron chi connectivity index (χ1n) is 8.23. The van der Waals surface area contributed by atoms with Gasteiger partial charge in [0, 0.05) is 10.9 Å². The Hall–Kier alpha value is -2.29. The van der Waals surface area contributed by atoms with E-state index in [0.29, 0.717) is 11.5 Å². The fourth-order valence-electron chi connectivity index (χ4n) is 3.61. The molecule has 1 aliphatic rings. The van der Waals surface area contributed by atoms with Crippen LogP contribution in [0.25, 0.3) is 22.2 Å². The molecule has 3 heteroatoms. The zero-order valence-electron chi connectivity index (χ0n) is 13.2. The van der Waals surface area contributed by atoms with Crippen molar-refractivity contribution in [1.82, 2.24) is 9.97 Å². The molecule has 116 valence electrons. The van der Waals surface area contributed by atoms with Gasteiger partial charge in [0.05, 0.1) is 11.2 Å². The van der Waals surface area contributed by atoms with Gasteiger partial charge in [-0.1, -0.05) is 25.0 Å². The lowest BCUT2D eigenvalue weighted by Crippen LogP contribution is -1.95. The number of hydrogen-bond donors (Lipinski definition) is 0. The molecule has 23 heavy (non-hydrogen) atoms. The highest BCUT2D eigenvalue weighted by atomic mass is 19.1. The van der Waals surface area contributed by atoms with Gasteiger partial charge in [0.15, 0.2) is 0 Å². The van der Waals surface area contributed by atoms with Crippen molar-refractivity contribution >= 4 is 10.9 Å². The predicted octanol–water partition coefficient (Wildman–Crippen LogP) is 5.40. The van der Waals surface area contributed by atoms with Gasteiger partial charge in [-0.2, -0.15) is 0 Å². The van der Waals surface area contributed by atoms with Crippen molar-refractivity contribution in [3.8, 4) is 11.3 Å². The van der Waals surface area contributed by atoms with Crippen LogP contribution in [-0.2, 0) is 0 Å². The molecule has 1 fully saturated rings. The van der Waals surface area contributed by atoms with E-state index in [1.54, 1.807) is 19.3 Å². The number of hydrogen-bond acceptors (Lipinski definition) is 2. The molecule has 3 aromatic rings. The summed E-state index contributed by atoms with van der Waals surface area (Å²) in [7, 11) is 0. The quantitative estimate of drug-likeness (QED) is 0.633. The summed E-state index contributed by atoms with van der Waals surface area (Å²) in [4.78, 5) is 8.90.